The fourth-order valence-corrected chi connectivity index (χ4v) is 3.62. The van der Waals surface area contributed by atoms with Crippen molar-refractivity contribution in [3.8, 4) is 5.75 Å². The van der Waals surface area contributed by atoms with Crippen molar-refractivity contribution in [1.82, 2.24) is 19.8 Å². The Bertz CT molecular complexity index is 1010. The summed E-state index contributed by atoms with van der Waals surface area (Å²) in [7, 11) is 0. The van der Waals surface area contributed by atoms with E-state index in [0.29, 0.717) is 43.9 Å². The van der Waals surface area contributed by atoms with Crippen LogP contribution in [0.5, 0.6) is 5.75 Å². The summed E-state index contributed by atoms with van der Waals surface area (Å²) in [6, 6.07) is 12.7. The van der Waals surface area contributed by atoms with Crippen molar-refractivity contribution in [2.75, 3.05) is 32.8 Å². The highest BCUT2D eigenvalue weighted by Crippen LogP contribution is 2.17. The molecule has 7 heteroatoms. The normalized spacial score (nSPS) is 14.7. The third kappa shape index (κ3) is 4.08. The summed E-state index contributed by atoms with van der Waals surface area (Å²) < 4.78 is 5.43. The Morgan fingerprint density at radius 2 is 1.62 bits per heavy atom. The highest BCUT2D eigenvalue weighted by atomic mass is 16.5. The molecule has 0 saturated carbocycles. The molecule has 0 bridgehead atoms. The number of ether oxygens (including phenoxy) is 1. The second kappa shape index (κ2) is 8.34. The summed E-state index contributed by atoms with van der Waals surface area (Å²) in [4.78, 5) is 36.7. The average molecular weight is 392 g/mol. The first kappa shape index (κ1) is 19.0. The molecule has 1 aliphatic rings. The van der Waals surface area contributed by atoms with Gasteiger partial charge in [-0.3, -0.25) is 9.59 Å². The Balaban J connectivity index is 1.41. The molecule has 2 heterocycles. The number of aromatic amines is 1. The minimum atomic E-state index is -0.0168. The van der Waals surface area contributed by atoms with Crippen molar-refractivity contribution in [2.24, 2.45) is 0 Å². The SMILES string of the molecule is CCOc1ccc(C(=O)N2CCCN(C(=O)c3ccc4nc[nH]c4c3)CC2)cc1. The molecule has 1 saturated heterocycles. The number of hydrogen-bond acceptors (Lipinski definition) is 4. The summed E-state index contributed by atoms with van der Waals surface area (Å²) in [6.07, 6.45) is 2.37. The molecule has 1 N–H and O–H groups in total. The van der Waals surface area contributed by atoms with Crippen molar-refractivity contribution in [1.29, 1.82) is 0 Å². The van der Waals surface area contributed by atoms with Crippen LogP contribution in [0.3, 0.4) is 0 Å². The van der Waals surface area contributed by atoms with Crippen LogP contribution < -0.4 is 4.74 Å². The summed E-state index contributed by atoms with van der Waals surface area (Å²) in [5.41, 5.74) is 2.95. The number of rotatable bonds is 4. The number of nitrogens with one attached hydrogen (secondary N) is 1. The Morgan fingerprint density at radius 3 is 2.31 bits per heavy atom. The van der Waals surface area contributed by atoms with Gasteiger partial charge in [0.1, 0.15) is 5.75 Å². The largest absolute Gasteiger partial charge is 0.494 e. The smallest absolute Gasteiger partial charge is 0.253 e. The summed E-state index contributed by atoms with van der Waals surface area (Å²) in [5, 5.41) is 0. The number of fused-ring (bicyclic) bond motifs is 1. The Hall–Kier alpha value is -3.35. The van der Waals surface area contributed by atoms with Gasteiger partial charge in [-0.15, -0.1) is 0 Å². The molecule has 0 spiro atoms. The number of carbonyl (C=O) groups is 2. The summed E-state index contributed by atoms with van der Waals surface area (Å²) in [6.45, 7) is 4.82. The third-order valence-corrected chi connectivity index (χ3v) is 5.15. The number of carbonyl (C=O) groups excluding carboxylic acids is 2. The van der Waals surface area contributed by atoms with E-state index in [0.717, 1.165) is 23.2 Å². The van der Waals surface area contributed by atoms with Crippen LogP contribution in [0.1, 0.15) is 34.1 Å². The molecule has 29 heavy (non-hydrogen) atoms. The number of H-pyrrole nitrogens is 1. The van der Waals surface area contributed by atoms with Gasteiger partial charge >= 0.3 is 0 Å². The summed E-state index contributed by atoms with van der Waals surface area (Å²) >= 11 is 0. The van der Waals surface area contributed by atoms with E-state index in [2.05, 4.69) is 9.97 Å². The lowest BCUT2D eigenvalue weighted by Gasteiger charge is -2.22. The zero-order valence-electron chi connectivity index (χ0n) is 16.4. The van der Waals surface area contributed by atoms with Gasteiger partial charge in [0.05, 0.1) is 24.0 Å². The second-order valence-corrected chi connectivity index (χ2v) is 7.03. The maximum absolute atomic E-state index is 12.9. The predicted molar refractivity (Wildman–Crippen MR) is 110 cm³/mol. The van der Waals surface area contributed by atoms with E-state index in [-0.39, 0.29) is 11.8 Å². The van der Waals surface area contributed by atoms with Crippen LogP contribution >= 0.6 is 0 Å². The minimum absolute atomic E-state index is 0.0128. The lowest BCUT2D eigenvalue weighted by molar-refractivity contribution is 0.0719. The molecule has 1 fully saturated rings. The Morgan fingerprint density at radius 1 is 0.966 bits per heavy atom. The standard InChI is InChI=1S/C22H24N4O3/c1-2-29-18-7-4-16(5-8-18)21(27)25-10-3-11-26(13-12-25)22(28)17-6-9-19-20(14-17)24-15-23-19/h4-9,14-15H,2-3,10-13H2,1H3,(H,23,24). The average Bonchev–Trinajstić information content (AvgIpc) is 3.08. The number of imidazole rings is 1. The minimum Gasteiger partial charge on any atom is -0.494 e. The van der Waals surface area contributed by atoms with Gasteiger partial charge < -0.3 is 19.5 Å². The quantitative estimate of drug-likeness (QED) is 0.740. The van der Waals surface area contributed by atoms with Crippen LogP contribution in [-0.4, -0.2) is 64.4 Å². The molecule has 0 radical (unpaired) electrons. The van der Waals surface area contributed by atoms with Crippen LogP contribution in [0.2, 0.25) is 0 Å². The molecule has 150 valence electrons. The van der Waals surface area contributed by atoms with Crippen molar-refractivity contribution < 1.29 is 14.3 Å². The predicted octanol–water partition coefficient (Wildman–Crippen LogP) is 2.95. The first-order valence-electron chi connectivity index (χ1n) is 9.90. The highest BCUT2D eigenvalue weighted by Gasteiger charge is 2.23. The Kier molecular flexibility index (Phi) is 5.46. The summed E-state index contributed by atoms with van der Waals surface area (Å²) in [5.74, 6) is 0.726. The van der Waals surface area contributed by atoms with Crippen molar-refractivity contribution >= 4 is 22.8 Å². The van der Waals surface area contributed by atoms with Gasteiger partial charge in [0.25, 0.3) is 11.8 Å². The van der Waals surface area contributed by atoms with E-state index in [1.807, 2.05) is 41.0 Å². The number of amides is 2. The van der Waals surface area contributed by atoms with Gasteiger partial charge in [0.2, 0.25) is 0 Å². The molecule has 0 aliphatic carbocycles. The van der Waals surface area contributed by atoms with E-state index in [9.17, 15) is 9.59 Å². The number of hydrogen-bond donors (Lipinski definition) is 1. The van der Waals surface area contributed by atoms with Gasteiger partial charge in [-0.1, -0.05) is 0 Å². The molecular formula is C22H24N4O3. The van der Waals surface area contributed by atoms with Gasteiger partial charge in [-0.2, -0.15) is 0 Å². The number of aromatic nitrogens is 2. The maximum Gasteiger partial charge on any atom is 0.253 e. The topological polar surface area (TPSA) is 78.5 Å². The van der Waals surface area contributed by atoms with E-state index >= 15 is 0 Å². The first-order chi connectivity index (χ1) is 14.2. The van der Waals surface area contributed by atoms with Crippen LogP contribution in [0.15, 0.2) is 48.8 Å². The molecule has 1 aliphatic heterocycles. The van der Waals surface area contributed by atoms with E-state index in [1.165, 1.54) is 0 Å². The lowest BCUT2D eigenvalue weighted by Crippen LogP contribution is -2.37. The van der Waals surface area contributed by atoms with Crippen LogP contribution in [0.25, 0.3) is 11.0 Å². The van der Waals surface area contributed by atoms with Crippen molar-refractivity contribution in [3.05, 3.63) is 59.9 Å². The van der Waals surface area contributed by atoms with Crippen LogP contribution in [0, 0.1) is 0 Å². The van der Waals surface area contributed by atoms with E-state index in [4.69, 9.17) is 4.74 Å². The van der Waals surface area contributed by atoms with Gasteiger partial charge in [-0.05, 0) is 55.8 Å². The molecule has 2 amide bonds. The second-order valence-electron chi connectivity index (χ2n) is 7.03. The van der Waals surface area contributed by atoms with Crippen LogP contribution in [0.4, 0.5) is 0 Å². The third-order valence-electron chi connectivity index (χ3n) is 5.15. The Labute approximate surface area is 169 Å². The lowest BCUT2D eigenvalue weighted by atomic mass is 10.1. The highest BCUT2D eigenvalue weighted by molar-refractivity contribution is 5.97. The zero-order valence-corrected chi connectivity index (χ0v) is 16.4. The molecule has 2 aromatic carbocycles. The van der Waals surface area contributed by atoms with Gasteiger partial charge in [-0.25, -0.2) is 4.98 Å². The van der Waals surface area contributed by atoms with Crippen molar-refractivity contribution in [3.63, 3.8) is 0 Å². The molecule has 4 rings (SSSR count). The molecular weight excluding hydrogens is 368 g/mol. The van der Waals surface area contributed by atoms with E-state index < -0.39 is 0 Å². The van der Waals surface area contributed by atoms with Crippen LogP contribution in [-0.2, 0) is 0 Å². The molecule has 1 aromatic heterocycles. The monoisotopic (exact) mass is 392 g/mol. The molecule has 0 unspecified atom stereocenters. The first-order valence-corrected chi connectivity index (χ1v) is 9.90. The van der Waals surface area contributed by atoms with Gasteiger partial charge in [0.15, 0.2) is 0 Å². The van der Waals surface area contributed by atoms with Gasteiger partial charge in [0, 0.05) is 37.3 Å². The molecule has 7 nitrogen and oxygen atoms in total. The molecule has 0 atom stereocenters. The van der Waals surface area contributed by atoms with E-state index in [1.54, 1.807) is 24.5 Å². The maximum atomic E-state index is 12.9. The fraction of sp³-hybridized carbons (Fsp3) is 0.318. The number of benzene rings is 2. The number of nitrogens with zero attached hydrogens (tertiary/aromatic N) is 3. The zero-order chi connectivity index (χ0) is 20.2. The fourth-order valence-electron chi connectivity index (χ4n) is 3.62. The molecule has 3 aromatic rings. The van der Waals surface area contributed by atoms with Crippen molar-refractivity contribution in [2.45, 2.75) is 13.3 Å².